The van der Waals surface area contributed by atoms with E-state index in [1.54, 1.807) is 31.6 Å². The molecule has 2 N–H and O–H groups in total. The summed E-state index contributed by atoms with van der Waals surface area (Å²) >= 11 is 0. The third-order valence-corrected chi connectivity index (χ3v) is 3.02. The first kappa shape index (κ1) is 13.9. The maximum absolute atomic E-state index is 11.0. The summed E-state index contributed by atoms with van der Waals surface area (Å²) < 4.78 is 5.25. The van der Waals surface area contributed by atoms with Crippen molar-refractivity contribution >= 4 is 11.7 Å². The fraction of sp³-hybridized carbons (Fsp3) is 0.200. The van der Waals surface area contributed by atoms with Gasteiger partial charge in [0.15, 0.2) is 0 Å². The predicted octanol–water partition coefficient (Wildman–Crippen LogP) is 2.96. The summed E-state index contributed by atoms with van der Waals surface area (Å²) in [7, 11) is 1.55. The van der Waals surface area contributed by atoms with E-state index in [1.807, 2.05) is 19.1 Å². The van der Waals surface area contributed by atoms with E-state index in [-0.39, 0.29) is 11.6 Å². The molecule has 1 aromatic heterocycles. The highest BCUT2D eigenvalue weighted by Crippen LogP contribution is 2.29. The molecule has 0 aliphatic carbocycles. The number of benzene rings is 1. The summed E-state index contributed by atoms with van der Waals surface area (Å²) in [6, 6.07) is 8.56. The van der Waals surface area contributed by atoms with Crippen LogP contribution in [0.15, 0.2) is 42.7 Å². The largest absolute Gasteiger partial charge is 0.495 e. The Morgan fingerprint density at radius 3 is 2.60 bits per heavy atom. The van der Waals surface area contributed by atoms with E-state index >= 15 is 0 Å². The molecular formula is C15H16N2O3. The van der Waals surface area contributed by atoms with Gasteiger partial charge in [0.25, 0.3) is 0 Å². The lowest BCUT2D eigenvalue weighted by Crippen LogP contribution is -2.09. The molecule has 2 aromatic rings. The van der Waals surface area contributed by atoms with Crippen molar-refractivity contribution in [3.8, 4) is 5.75 Å². The third kappa shape index (κ3) is 3.06. The van der Waals surface area contributed by atoms with E-state index in [0.29, 0.717) is 11.4 Å². The first-order valence-corrected chi connectivity index (χ1v) is 6.19. The maximum Gasteiger partial charge on any atom is 0.335 e. The van der Waals surface area contributed by atoms with Gasteiger partial charge in [0, 0.05) is 18.4 Å². The summed E-state index contributed by atoms with van der Waals surface area (Å²) in [6.07, 6.45) is 3.44. The van der Waals surface area contributed by atoms with Gasteiger partial charge in [-0.1, -0.05) is 0 Å². The SMILES string of the molecule is COc1ccc(C(=O)O)cc1NC(C)c1ccncc1. The molecule has 5 heteroatoms. The van der Waals surface area contributed by atoms with E-state index in [4.69, 9.17) is 9.84 Å². The number of carboxylic acid groups (broad SMARTS) is 1. The number of carboxylic acids is 1. The molecule has 1 aromatic carbocycles. The van der Waals surface area contributed by atoms with Crippen molar-refractivity contribution in [3.05, 3.63) is 53.9 Å². The van der Waals surface area contributed by atoms with Crippen LogP contribution in [0.2, 0.25) is 0 Å². The van der Waals surface area contributed by atoms with Gasteiger partial charge in [0.1, 0.15) is 5.75 Å². The molecule has 0 bridgehead atoms. The van der Waals surface area contributed by atoms with Crippen molar-refractivity contribution in [2.24, 2.45) is 0 Å². The topological polar surface area (TPSA) is 71.5 Å². The minimum absolute atomic E-state index is 0.0101. The van der Waals surface area contributed by atoms with Crippen molar-refractivity contribution in [2.45, 2.75) is 13.0 Å². The fourth-order valence-electron chi connectivity index (χ4n) is 1.92. The molecule has 0 amide bonds. The standard InChI is InChI=1S/C15H16N2O3/c1-10(11-5-7-16-8-6-11)17-13-9-12(15(18)19)3-4-14(13)20-2/h3-10,17H,1-2H3,(H,18,19). The zero-order valence-electron chi connectivity index (χ0n) is 11.3. The predicted molar refractivity (Wildman–Crippen MR) is 76.2 cm³/mol. The molecule has 1 unspecified atom stereocenters. The Hall–Kier alpha value is -2.56. The van der Waals surface area contributed by atoms with Crippen LogP contribution in [0.5, 0.6) is 5.75 Å². The van der Waals surface area contributed by atoms with Gasteiger partial charge in [-0.3, -0.25) is 4.98 Å². The molecule has 0 radical (unpaired) electrons. The van der Waals surface area contributed by atoms with Gasteiger partial charge in [-0.05, 0) is 42.8 Å². The smallest absolute Gasteiger partial charge is 0.335 e. The number of nitrogens with one attached hydrogen (secondary N) is 1. The third-order valence-electron chi connectivity index (χ3n) is 3.02. The zero-order valence-corrected chi connectivity index (χ0v) is 11.3. The monoisotopic (exact) mass is 272 g/mol. The average Bonchev–Trinajstić information content (AvgIpc) is 2.48. The van der Waals surface area contributed by atoms with Crippen molar-refractivity contribution < 1.29 is 14.6 Å². The number of pyridine rings is 1. The number of methoxy groups -OCH3 is 1. The Bertz CT molecular complexity index is 599. The van der Waals surface area contributed by atoms with Crippen LogP contribution in [0.1, 0.15) is 28.9 Å². The maximum atomic E-state index is 11.0. The molecule has 1 heterocycles. The van der Waals surface area contributed by atoms with Crippen LogP contribution < -0.4 is 10.1 Å². The van der Waals surface area contributed by atoms with E-state index < -0.39 is 5.97 Å². The van der Waals surface area contributed by atoms with Gasteiger partial charge in [-0.25, -0.2) is 4.79 Å². The molecule has 2 rings (SSSR count). The number of hydrogen-bond donors (Lipinski definition) is 2. The molecule has 0 saturated carbocycles. The van der Waals surface area contributed by atoms with Gasteiger partial charge in [-0.2, -0.15) is 0 Å². The summed E-state index contributed by atoms with van der Waals surface area (Å²) in [5.41, 5.74) is 1.93. The Morgan fingerprint density at radius 1 is 1.30 bits per heavy atom. The van der Waals surface area contributed by atoms with Crippen LogP contribution in [0, 0.1) is 0 Å². The summed E-state index contributed by atoms with van der Waals surface area (Å²) in [5, 5.41) is 12.3. The second-order valence-electron chi connectivity index (χ2n) is 4.37. The van der Waals surface area contributed by atoms with Crippen LogP contribution in [0.3, 0.4) is 0 Å². The lowest BCUT2D eigenvalue weighted by atomic mass is 10.1. The summed E-state index contributed by atoms with van der Waals surface area (Å²) in [6.45, 7) is 1.99. The average molecular weight is 272 g/mol. The number of ether oxygens (including phenoxy) is 1. The first-order chi connectivity index (χ1) is 9.61. The fourth-order valence-corrected chi connectivity index (χ4v) is 1.92. The molecule has 1 atom stereocenters. The Balaban J connectivity index is 2.27. The van der Waals surface area contributed by atoms with Crippen molar-refractivity contribution in [1.29, 1.82) is 0 Å². The van der Waals surface area contributed by atoms with Crippen LogP contribution in [0.25, 0.3) is 0 Å². The van der Waals surface area contributed by atoms with Crippen LogP contribution in [-0.4, -0.2) is 23.2 Å². The van der Waals surface area contributed by atoms with E-state index in [9.17, 15) is 4.79 Å². The van der Waals surface area contributed by atoms with Crippen molar-refractivity contribution in [1.82, 2.24) is 4.98 Å². The van der Waals surface area contributed by atoms with E-state index in [0.717, 1.165) is 5.56 Å². The first-order valence-electron chi connectivity index (χ1n) is 6.19. The molecular weight excluding hydrogens is 256 g/mol. The molecule has 5 nitrogen and oxygen atoms in total. The summed E-state index contributed by atoms with van der Waals surface area (Å²) in [4.78, 5) is 15.0. The Morgan fingerprint density at radius 2 is 2.00 bits per heavy atom. The summed E-state index contributed by atoms with van der Waals surface area (Å²) in [5.74, 6) is -0.358. The number of aromatic nitrogens is 1. The molecule has 0 saturated heterocycles. The van der Waals surface area contributed by atoms with Crippen molar-refractivity contribution in [2.75, 3.05) is 12.4 Å². The number of aromatic carboxylic acids is 1. The lowest BCUT2D eigenvalue weighted by molar-refractivity contribution is 0.0697. The number of anilines is 1. The Kier molecular flexibility index (Phi) is 4.20. The highest BCUT2D eigenvalue weighted by atomic mass is 16.5. The van der Waals surface area contributed by atoms with Crippen LogP contribution >= 0.6 is 0 Å². The molecule has 20 heavy (non-hydrogen) atoms. The second-order valence-corrected chi connectivity index (χ2v) is 4.37. The van der Waals surface area contributed by atoms with Gasteiger partial charge in [0.05, 0.1) is 18.4 Å². The minimum Gasteiger partial charge on any atom is -0.495 e. The number of hydrogen-bond acceptors (Lipinski definition) is 4. The van der Waals surface area contributed by atoms with Gasteiger partial charge in [-0.15, -0.1) is 0 Å². The van der Waals surface area contributed by atoms with Crippen LogP contribution in [-0.2, 0) is 0 Å². The lowest BCUT2D eigenvalue weighted by Gasteiger charge is -2.18. The molecule has 0 spiro atoms. The quantitative estimate of drug-likeness (QED) is 0.875. The number of carbonyl (C=O) groups is 1. The molecule has 0 fully saturated rings. The highest BCUT2D eigenvalue weighted by Gasteiger charge is 2.12. The molecule has 0 aliphatic heterocycles. The molecule has 0 aliphatic rings. The van der Waals surface area contributed by atoms with E-state index in [1.165, 1.54) is 6.07 Å². The van der Waals surface area contributed by atoms with Crippen molar-refractivity contribution in [3.63, 3.8) is 0 Å². The van der Waals surface area contributed by atoms with Crippen LogP contribution in [0.4, 0.5) is 5.69 Å². The second kappa shape index (κ2) is 6.06. The Labute approximate surface area is 117 Å². The van der Waals surface area contributed by atoms with Gasteiger partial charge >= 0.3 is 5.97 Å². The van der Waals surface area contributed by atoms with Gasteiger partial charge < -0.3 is 15.2 Å². The van der Waals surface area contributed by atoms with E-state index in [2.05, 4.69) is 10.3 Å². The van der Waals surface area contributed by atoms with Gasteiger partial charge in [0.2, 0.25) is 0 Å². The number of nitrogens with zero attached hydrogens (tertiary/aromatic N) is 1. The zero-order chi connectivity index (χ0) is 14.5. The number of rotatable bonds is 5. The highest BCUT2D eigenvalue weighted by molar-refractivity contribution is 5.89. The normalized spacial score (nSPS) is 11.7. The minimum atomic E-state index is -0.965. The molecule has 104 valence electrons.